The van der Waals surface area contributed by atoms with Crippen LogP contribution in [-0.4, -0.2) is 18.1 Å². The Morgan fingerprint density at radius 2 is 2.35 bits per heavy atom. The Morgan fingerprint density at radius 1 is 1.53 bits per heavy atom. The van der Waals surface area contributed by atoms with Crippen molar-refractivity contribution in [1.82, 2.24) is 5.32 Å². The fourth-order valence-corrected chi connectivity index (χ4v) is 2.49. The van der Waals surface area contributed by atoms with Gasteiger partial charge in [-0.2, -0.15) is 11.8 Å². The Hall–Kier alpha value is -0.440. The molecule has 0 aromatic heterocycles. The molecule has 94 valence electrons. The molecule has 1 rings (SSSR count). The molecule has 1 nitrogen and oxygen atoms in total. The summed E-state index contributed by atoms with van der Waals surface area (Å²) < 4.78 is 0. The second kappa shape index (κ2) is 8.62. The van der Waals surface area contributed by atoms with Crippen LogP contribution in [0.3, 0.4) is 0 Å². The zero-order chi connectivity index (χ0) is 12.5. The van der Waals surface area contributed by atoms with Crippen LogP contribution in [0.1, 0.15) is 24.9 Å². The molecule has 0 radical (unpaired) electrons. The van der Waals surface area contributed by atoms with Gasteiger partial charge in [-0.3, -0.25) is 0 Å². The van der Waals surface area contributed by atoms with Crippen LogP contribution < -0.4 is 5.32 Å². The maximum absolute atomic E-state index is 6.01. The summed E-state index contributed by atoms with van der Waals surface area (Å²) in [5, 5.41) is 4.37. The maximum Gasteiger partial charge on any atom is 0.0409 e. The van der Waals surface area contributed by atoms with E-state index in [4.69, 9.17) is 11.6 Å². The lowest BCUT2D eigenvalue weighted by atomic mass is 10.0. The van der Waals surface area contributed by atoms with E-state index in [-0.39, 0.29) is 0 Å². The SMILES string of the molecule is C=CCSCCNC(CC)c1cccc(Cl)c1. The fraction of sp³-hybridized carbons (Fsp3) is 0.429. The van der Waals surface area contributed by atoms with Gasteiger partial charge in [-0.15, -0.1) is 6.58 Å². The number of thioether (sulfide) groups is 1. The van der Waals surface area contributed by atoms with E-state index < -0.39 is 0 Å². The van der Waals surface area contributed by atoms with E-state index in [0.717, 1.165) is 29.5 Å². The molecule has 1 N–H and O–H groups in total. The fourth-order valence-electron chi connectivity index (χ4n) is 1.69. The van der Waals surface area contributed by atoms with Gasteiger partial charge in [0.15, 0.2) is 0 Å². The normalized spacial score (nSPS) is 12.4. The summed E-state index contributed by atoms with van der Waals surface area (Å²) in [5.74, 6) is 2.14. The first kappa shape index (κ1) is 14.6. The molecule has 0 spiro atoms. The quantitative estimate of drug-likeness (QED) is 0.558. The minimum Gasteiger partial charge on any atom is -0.309 e. The lowest BCUT2D eigenvalue weighted by Crippen LogP contribution is -2.23. The van der Waals surface area contributed by atoms with Crippen molar-refractivity contribution in [3.05, 3.63) is 47.5 Å². The summed E-state index contributed by atoms with van der Waals surface area (Å²) in [6.45, 7) is 6.92. The third-order valence-corrected chi connectivity index (χ3v) is 3.73. The van der Waals surface area contributed by atoms with E-state index in [0.29, 0.717) is 6.04 Å². The van der Waals surface area contributed by atoms with Gasteiger partial charge < -0.3 is 5.32 Å². The highest BCUT2D eigenvalue weighted by Crippen LogP contribution is 2.20. The molecule has 0 fully saturated rings. The lowest BCUT2D eigenvalue weighted by Gasteiger charge is -2.17. The zero-order valence-electron chi connectivity index (χ0n) is 10.3. The van der Waals surface area contributed by atoms with Crippen LogP contribution in [0, 0.1) is 0 Å². The highest BCUT2D eigenvalue weighted by atomic mass is 35.5. The van der Waals surface area contributed by atoms with E-state index in [1.54, 1.807) is 0 Å². The first-order valence-corrected chi connectivity index (χ1v) is 7.48. The molecule has 0 aliphatic rings. The van der Waals surface area contributed by atoms with Crippen molar-refractivity contribution < 1.29 is 0 Å². The molecule has 1 aromatic rings. The average molecular weight is 270 g/mol. The van der Waals surface area contributed by atoms with E-state index in [1.807, 2.05) is 36.0 Å². The van der Waals surface area contributed by atoms with Gasteiger partial charge in [0.2, 0.25) is 0 Å². The largest absolute Gasteiger partial charge is 0.309 e. The lowest BCUT2D eigenvalue weighted by molar-refractivity contribution is 0.540. The van der Waals surface area contributed by atoms with Gasteiger partial charge in [0.1, 0.15) is 0 Å². The van der Waals surface area contributed by atoms with Crippen molar-refractivity contribution in [2.75, 3.05) is 18.1 Å². The number of rotatable bonds is 8. The van der Waals surface area contributed by atoms with Gasteiger partial charge in [0.25, 0.3) is 0 Å². The van der Waals surface area contributed by atoms with Crippen molar-refractivity contribution in [3.8, 4) is 0 Å². The number of halogens is 1. The van der Waals surface area contributed by atoms with E-state index >= 15 is 0 Å². The van der Waals surface area contributed by atoms with Crippen molar-refractivity contribution in [2.24, 2.45) is 0 Å². The Labute approximate surface area is 114 Å². The van der Waals surface area contributed by atoms with Crippen LogP contribution >= 0.6 is 23.4 Å². The van der Waals surface area contributed by atoms with Crippen molar-refractivity contribution >= 4 is 23.4 Å². The third-order valence-electron chi connectivity index (χ3n) is 2.53. The molecule has 1 aromatic carbocycles. The molecule has 0 amide bonds. The highest BCUT2D eigenvalue weighted by Gasteiger charge is 2.08. The molecule has 0 bridgehead atoms. The molecule has 0 saturated heterocycles. The van der Waals surface area contributed by atoms with Gasteiger partial charge in [-0.1, -0.05) is 36.7 Å². The van der Waals surface area contributed by atoms with Crippen LogP contribution in [0.4, 0.5) is 0 Å². The summed E-state index contributed by atoms with van der Waals surface area (Å²) in [7, 11) is 0. The first-order chi connectivity index (χ1) is 8.27. The van der Waals surface area contributed by atoms with Crippen molar-refractivity contribution in [2.45, 2.75) is 19.4 Å². The van der Waals surface area contributed by atoms with Gasteiger partial charge in [0, 0.05) is 29.1 Å². The predicted molar refractivity (Wildman–Crippen MR) is 80.0 cm³/mol. The van der Waals surface area contributed by atoms with Gasteiger partial charge >= 0.3 is 0 Å². The van der Waals surface area contributed by atoms with Crippen molar-refractivity contribution in [1.29, 1.82) is 0 Å². The zero-order valence-corrected chi connectivity index (χ0v) is 11.9. The van der Waals surface area contributed by atoms with Crippen LogP contribution in [-0.2, 0) is 0 Å². The maximum atomic E-state index is 6.01. The molecule has 1 atom stereocenters. The molecule has 0 saturated carbocycles. The summed E-state index contributed by atoms with van der Waals surface area (Å²) in [6, 6.07) is 8.49. The van der Waals surface area contributed by atoms with E-state index in [1.165, 1.54) is 5.56 Å². The summed E-state index contributed by atoms with van der Waals surface area (Å²) >= 11 is 7.90. The van der Waals surface area contributed by atoms with Gasteiger partial charge in [0.05, 0.1) is 0 Å². The Kier molecular flexibility index (Phi) is 7.41. The van der Waals surface area contributed by atoms with Crippen molar-refractivity contribution in [3.63, 3.8) is 0 Å². The van der Waals surface area contributed by atoms with E-state index in [9.17, 15) is 0 Å². The molecular formula is C14H20ClNS. The monoisotopic (exact) mass is 269 g/mol. The van der Waals surface area contributed by atoms with Crippen LogP contribution in [0.2, 0.25) is 5.02 Å². The second-order valence-electron chi connectivity index (χ2n) is 3.83. The standard InChI is InChI=1S/C14H20ClNS/c1-3-9-17-10-8-16-14(4-2)12-6-5-7-13(15)11-12/h3,5-7,11,14,16H,1,4,8-10H2,2H3. The Bertz CT molecular complexity index is 341. The van der Waals surface area contributed by atoms with Gasteiger partial charge in [-0.05, 0) is 24.1 Å². The predicted octanol–water partition coefficient (Wildman–Crippen LogP) is 4.30. The van der Waals surface area contributed by atoms with Crippen LogP contribution in [0.15, 0.2) is 36.9 Å². The topological polar surface area (TPSA) is 12.0 Å². The first-order valence-electron chi connectivity index (χ1n) is 5.95. The second-order valence-corrected chi connectivity index (χ2v) is 5.42. The summed E-state index contributed by atoms with van der Waals surface area (Å²) in [5.41, 5.74) is 1.27. The average Bonchev–Trinajstić information content (AvgIpc) is 2.34. The molecule has 3 heteroatoms. The van der Waals surface area contributed by atoms with E-state index in [2.05, 4.69) is 24.9 Å². The highest BCUT2D eigenvalue weighted by molar-refractivity contribution is 7.99. The van der Waals surface area contributed by atoms with Gasteiger partial charge in [-0.25, -0.2) is 0 Å². The Morgan fingerprint density at radius 3 is 3.00 bits per heavy atom. The minimum atomic E-state index is 0.401. The smallest absolute Gasteiger partial charge is 0.0409 e. The minimum absolute atomic E-state index is 0.401. The number of nitrogens with one attached hydrogen (secondary N) is 1. The molecular weight excluding hydrogens is 250 g/mol. The molecule has 0 aliphatic carbocycles. The summed E-state index contributed by atoms with van der Waals surface area (Å²) in [4.78, 5) is 0. The third kappa shape index (κ3) is 5.62. The molecule has 0 aliphatic heterocycles. The van der Waals surface area contributed by atoms with Crippen LogP contribution in [0.5, 0.6) is 0 Å². The molecule has 1 unspecified atom stereocenters. The summed E-state index contributed by atoms with van der Waals surface area (Å²) in [6.07, 6.45) is 3.02. The number of hydrogen-bond donors (Lipinski definition) is 1. The number of benzene rings is 1. The Balaban J connectivity index is 2.40. The molecule has 0 heterocycles. The molecule has 17 heavy (non-hydrogen) atoms. The number of hydrogen-bond acceptors (Lipinski definition) is 2. The van der Waals surface area contributed by atoms with Crippen LogP contribution in [0.25, 0.3) is 0 Å².